The molecular weight excluding hydrogens is 358 g/mol. The average molecular weight is 378 g/mol. The van der Waals surface area contributed by atoms with Gasteiger partial charge in [0.1, 0.15) is 5.75 Å². The second kappa shape index (κ2) is 7.62. The van der Waals surface area contributed by atoms with Crippen molar-refractivity contribution >= 4 is 21.8 Å². The van der Waals surface area contributed by atoms with Crippen LogP contribution in [-0.2, 0) is 6.42 Å². The molecule has 0 fully saturated rings. The molecule has 0 saturated carbocycles. The van der Waals surface area contributed by atoms with Crippen LogP contribution in [0, 0.1) is 0 Å². The Bertz CT molecular complexity index is 668. The van der Waals surface area contributed by atoms with E-state index in [0.717, 1.165) is 15.8 Å². The topological polar surface area (TPSA) is 58.6 Å². The third kappa shape index (κ3) is 5.08. The quantitative estimate of drug-likeness (QED) is 0.812. The van der Waals surface area contributed by atoms with Gasteiger partial charge in [-0.2, -0.15) is 0 Å². The summed E-state index contributed by atoms with van der Waals surface area (Å²) in [6, 6.07) is 14.7. The minimum atomic E-state index is -1.04. The lowest BCUT2D eigenvalue weighted by atomic mass is 9.96. The van der Waals surface area contributed by atoms with Gasteiger partial charge in [0, 0.05) is 17.4 Å². The minimum absolute atomic E-state index is 0.166. The number of hydrogen-bond acceptors (Lipinski definition) is 3. The van der Waals surface area contributed by atoms with Gasteiger partial charge in [-0.3, -0.25) is 4.79 Å². The van der Waals surface area contributed by atoms with Gasteiger partial charge in [0.05, 0.1) is 18.3 Å². The highest BCUT2D eigenvalue weighted by atomic mass is 79.9. The fourth-order valence-electron chi connectivity index (χ4n) is 2.26. The van der Waals surface area contributed by atoms with Crippen molar-refractivity contribution in [1.29, 1.82) is 0 Å². The van der Waals surface area contributed by atoms with Crippen LogP contribution in [0.25, 0.3) is 0 Å². The van der Waals surface area contributed by atoms with Crippen LogP contribution < -0.4 is 10.1 Å². The molecular formula is C18H20BrNO3. The van der Waals surface area contributed by atoms with Crippen molar-refractivity contribution in [2.24, 2.45) is 0 Å². The first-order chi connectivity index (χ1) is 10.9. The van der Waals surface area contributed by atoms with Crippen molar-refractivity contribution in [1.82, 2.24) is 5.32 Å². The maximum absolute atomic E-state index is 12.2. The van der Waals surface area contributed by atoms with Gasteiger partial charge in [0.2, 0.25) is 0 Å². The molecule has 1 atom stereocenters. The van der Waals surface area contributed by atoms with Crippen molar-refractivity contribution < 1.29 is 14.6 Å². The number of nitrogens with one attached hydrogen (secondary N) is 1. The van der Waals surface area contributed by atoms with Crippen LogP contribution in [0.15, 0.2) is 53.0 Å². The molecule has 0 spiro atoms. The van der Waals surface area contributed by atoms with Crippen LogP contribution in [-0.4, -0.2) is 30.3 Å². The molecule has 2 aromatic carbocycles. The van der Waals surface area contributed by atoms with Gasteiger partial charge >= 0.3 is 0 Å². The van der Waals surface area contributed by atoms with Crippen molar-refractivity contribution in [2.75, 3.05) is 13.7 Å². The maximum Gasteiger partial charge on any atom is 0.252 e. The van der Waals surface area contributed by atoms with Gasteiger partial charge in [0.25, 0.3) is 5.91 Å². The van der Waals surface area contributed by atoms with Crippen molar-refractivity contribution in [3.8, 4) is 5.75 Å². The van der Waals surface area contributed by atoms with E-state index in [-0.39, 0.29) is 12.5 Å². The van der Waals surface area contributed by atoms with E-state index in [0.29, 0.717) is 12.0 Å². The molecule has 0 aliphatic carbocycles. The fourth-order valence-corrected chi connectivity index (χ4v) is 2.72. The number of halogens is 1. The zero-order valence-corrected chi connectivity index (χ0v) is 14.8. The number of methoxy groups -OCH3 is 1. The lowest BCUT2D eigenvalue weighted by Crippen LogP contribution is -2.42. The molecule has 23 heavy (non-hydrogen) atoms. The number of ether oxygens (including phenoxy) is 1. The second-order valence-corrected chi connectivity index (χ2v) is 6.54. The van der Waals surface area contributed by atoms with Crippen LogP contribution in [0.1, 0.15) is 22.8 Å². The summed E-state index contributed by atoms with van der Waals surface area (Å²) in [6.45, 7) is 1.87. The lowest BCUT2D eigenvalue weighted by Gasteiger charge is -2.24. The highest BCUT2D eigenvalue weighted by molar-refractivity contribution is 9.10. The zero-order chi connectivity index (χ0) is 16.9. The molecule has 2 rings (SSSR count). The van der Waals surface area contributed by atoms with Crippen LogP contribution in [0.5, 0.6) is 5.75 Å². The molecule has 0 saturated heterocycles. The van der Waals surface area contributed by atoms with E-state index in [9.17, 15) is 9.90 Å². The van der Waals surface area contributed by atoms with Crippen LogP contribution in [0.3, 0.4) is 0 Å². The van der Waals surface area contributed by atoms with Crippen molar-refractivity contribution in [2.45, 2.75) is 18.9 Å². The summed E-state index contributed by atoms with van der Waals surface area (Å²) in [4.78, 5) is 12.2. The Morgan fingerprint density at radius 3 is 2.48 bits per heavy atom. The summed E-state index contributed by atoms with van der Waals surface area (Å²) in [7, 11) is 1.61. The Morgan fingerprint density at radius 2 is 1.87 bits per heavy atom. The highest BCUT2D eigenvalue weighted by Crippen LogP contribution is 2.18. The summed E-state index contributed by atoms with van der Waals surface area (Å²) in [5, 5.41) is 13.3. The Labute approximate surface area is 144 Å². The summed E-state index contributed by atoms with van der Waals surface area (Å²) in [6.07, 6.45) is 0.438. The molecule has 122 valence electrons. The van der Waals surface area contributed by atoms with Crippen LogP contribution in [0.2, 0.25) is 0 Å². The summed E-state index contributed by atoms with van der Waals surface area (Å²) in [5.74, 6) is 0.558. The molecule has 0 bridgehead atoms. The Hall–Kier alpha value is -1.85. The molecule has 0 aromatic heterocycles. The molecule has 0 aliphatic heterocycles. The number of rotatable bonds is 6. The van der Waals surface area contributed by atoms with E-state index < -0.39 is 5.60 Å². The second-order valence-electron chi connectivity index (χ2n) is 5.68. The largest absolute Gasteiger partial charge is 0.497 e. The number of benzene rings is 2. The summed E-state index contributed by atoms with van der Waals surface area (Å²) in [5.41, 5.74) is 0.490. The molecule has 4 nitrogen and oxygen atoms in total. The predicted octanol–water partition coefficient (Wildman–Crippen LogP) is 3.18. The summed E-state index contributed by atoms with van der Waals surface area (Å²) >= 11 is 3.35. The Balaban J connectivity index is 1.95. The third-order valence-electron chi connectivity index (χ3n) is 3.49. The van der Waals surface area contributed by atoms with Gasteiger partial charge in [-0.05, 0) is 52.7 Å². The molecule has 2 N–H and O–H groups in total. The highest BCUT2D eigenvalue weighted by Gasteiger charge is 2.22. The molecule has 0 unspecified atom stereocenters. The maximum atomic E-state index is 12.2. The number of hydrogen-bond donors (Lipinski definition) is 2. The summed E-state index contributed by atoms with van der Waals surface area (Å²) < 4.78 is 5.84. The smallest absolute Gasteiger partial charge is 0.252 e. The first kappa shape index (κ1) is 17.5. The average Bonchev–Trinajstić information content (AvgIpc) is 2.53. The van der Waals surface area contributed by atoms with E-state index in [1.165, 1.54) is 0 Å². The number of aliphatic hydroxyl groups is 1. The van der Waals surface area contributed by atoms with E-state index in [1.807, 2.05) is 36.4 Å². The van der Waals surface area contributed by atoms with Gasteiger partial charge < -0.3 is 15.2 Å². The third-order valence-corrected chi connectivity index (χ3v) is 4.18. The minimum Gasteiger partial charge on any atom is -0.497 e. The van der Waals surface area contributed by atoms with Gasteiger partial charge in [0.15, 0.2) is 0 Å². The van der Waals surface area contributed by atoms with Gasteiger partial charge in [-0.1, -0.05) is 24.3 Å². The van der Waals surface area contributed by atoms with Crippen molar-refractivity contribution in [3.63, 3.8) is 0 Å². The van der Waals surface area contributed by atoms with Crippen molar-refractivity contribution in [3.05, 3.63) is 64.1 Å². The molecule has 0 heterocycles. The SMILES string of the molecule is COc1ccc(C[C@](C)(O)CNC(=O)c2ccccc2Br)cc1. The molecule has 2 aromatic rings. The van der Waals surface area contributed by atoms with Crippen LogP contribution >= 0.6 is 15.9 Å². The molecule has 0 aliphatic rings. The number of carbonyl (C=O) groups excluding carboxylic acids is 1. The number of carbonyl (C=O) groups is 1. The lowest BCUT2D eigenvalue weighted by molar-refractivity contribution is 0.0552. The zero-order valence-electron chi connectivity index (χ0n) is 13.2. The predicted molar refractivity (Wildman–Crippen MR) is 93.8 cm³/mol. The molecule has 5 heteroatoms. The first-order valence-electron chi connectivity index (χ1n) is 7.29. The van der Waals surface area contributed by atoms with E-state index >= 15 is 0 Å². The van der Waals surface area contributed by atoms with E-state index in [2.05, 4.69) is 21.2 Å². The molecule has 1 amide bonds. The van der Waals surface area contributed by atoms with Crippen LogP contribution in [0.4, 0.5) is 0 Å². The first-order valence-corrected chi connectivity index (χ1v) is 8.09. The Kier molecular flexibility index (Phi) is 5.80. The van der Waals surface area contributed by atoms with Gasteiger partial charge in [-0.15, -0.1) is 0 Å². The fraction of sp³-hybridized carbons (Fsp3) is 0.278. The van der Waals surface area contributed by atoms with E-state index in [4.69, 9.17) is 4.74 Å². The monoisotopic (exact) mass is 377 g/mol. The Morgan fingerprint density at radius 1 is 1.22 bits per heavy atom. The standard InChI is InChI=1S/C18H20BrNO3/c1-18(22,11-13-7-9-14(23-2)10-8-13)12-20-17(21)15-5-3-4-6-16(15)19/h3-10,22H,11-12H2,1-2H3,(H,20,21)/t18-/m0/s1. The van der Waals surface area contributed by atoms with E-state index in [1.54, 1.807) is 26.2 Å². The normalized spacial score (nSPS) is 13.2. The molecule has 0 radical (unpaired) electrons. The van der Waals surface area contributed by atoms with Gasteiger partial charge in [-0.25, -0.2) is 0 Å². The number of amides is 1.